The quantitative estimate of drug-likeness (QED) is 0.472. The predicted octanol–water partition coefficient (Wildman–Crippen LogP) is 2.92. The third-order valence-corrected chi connectivity index (χ3v) is 2.85. The molecule has 7 heteroatoms. The van der Waals surface area contributed by atoms with Gasteiger partial charge in [-0.1, -0.05) is 12.2 Å². The average molecular weight is 287 g/mol. The van der Waals surface area contributed by atoms with Gasteiger partial charge in [0.1, 0.15) is 11.4 Å². The summed E-state index contributed by atoms with van der Waals surface area (Å²) in [5.41, 5.74) is -3.36. The smallest absolute Gasteiger partial charge is 0.215 e. The fourth-order valence-corrected chi connectivity index (χ4v) is 1.90. The molecule has 0 N–H and O–H groups in total. The first-order valence-electron chi connectivity index (χ1n) is 5.66. The maximum Gasteiger partial charge on any atom is 0.215 e. The maximum atomic E-state index is 14.3. The summed E-state index contributed by atoms with van der Waals surface area (Å²) >= 11 is 0. The molecule has 0 amide bonds. The number of hydrogen-bond donors (Lipinski definition) is 0. The van der Waals surface area contributed by atoms with Crippen molar-refractivity contribution in [3.63, 3.8) is 0 Å². The molecule has 0 spiro atoms. The van der Waals surface area contributed by atoms with E-state index in [2.05, 4.69) is 4.74 Å². The Bertz CT molecular complexity index is 599. The summed E-state index contributed by atoms with van der Waals surface area (Å²) in [6, 6.07) is 0.518. The lowest BCUT2D eigenvalue weighted by Crippen LogP contribution is -2.41. The molecule has 0 saturated heterocycles. The minimum atomic E-state index is -2.43. The van der Waals surface area contributed by atoms with Gasteiger partial charge < -0.3 is 4.74 Å². The number of hydrogen-bond acceptors (Lipinski definition) is 1. The van der Waals surface area contributed by atoms with Crippen LogP contribution in [0.4, 0.5) is 22.0 Å². The molecule has 1 aromatic carbocycles. The number of methoxy groups -OCH3 is 1. The maximum absolute atomic E-state index is 14.3. The van der Waals surface area contributed by atoms with Crippen LogP contribution in [-0.2, 0) is 0 Å². The van der Waals surface area contributed by atoms with Crippen LogP contribution in [0, 0.1) is 17.5 Å². The Balaban J connectivity index is 2.41. The van der Waals surface area contributed by atoms with Gasteiger partial charge in [0.2, 0.25) is 7.28 Å². The molecule has 1 unspecified atom stereocenters. The van der Waals surface area contributed by atoms with E-state index in [-0.39, 0.29) is 0 Å². The lowest BCUT2D eigenvalue weighted by molar-refractivity contribution is 0.315. The first-order valence-corrected chi connectivity index (χ1v) is 5.66. The van der Waals surface area contributed by atoms with Crippen molar-refractivity contribution in [2.45, 2.75) is 12.0 Å². The molecule has 0 bridgehead atoms. The van der Waals surface area contributed by atoms with Crippen molar-refractivity contribution < 1.29 is 26.7 Å². The van der Waals surface area contributed by atoms with Crippen LogP contribution in [0.3, 0.4) is 0 Å². The summed E-state index contributed by atoms with van der Waals surface area (Å²) in [6.07, 6.45) is 2.35. The fourth-order valence-electron chi connectivity index (χ4n) is 1.90. The Labute approximate surface area is 113 Å². The van der Waals surface area contributed by atoms with Crippen molar-refractivity contribution in [2.75, 3.05) is 7.11 Å². The molecule has 1 nitrogen and oxygen atoms in total. The topological polar surface area (TPSA) is 9.23 Å². The normalized spacial score (nSPS) is 21.6. The highest BCUT2D eigenvalue weighted by Gasteiger charge is 2.35. The van der Waals surface area contributed by atoms with Gasteiger partial charge >= 0.3 is 0 Å². The van der Waals surface area contributed by atoms with Crippen molar-refractivity contribution in [1.29, 1.82) is 0 Å². The number of ether oxygens (including phenoxy) is 1. The molecule has 1 atom stereocenters. The van der Waals surface area contributed by atoms with E-state index >= 15 is 0 Å². The summed E-state index contributed by atoms with van der Waals surface area (Å²) < 4.78 is 72.7. The van der Waals surface area contributed by atoms with Crippen molar-refractivity contribution in [2.24, 2.45) is 0 Å². The van der Waals surface area contributed by atoms with E-state index in [1.165, 1.54) is 0 Å². The lowest BCUT2D eigenvalue weighted by atomic mass is 9.54. The second kappa shape index (κ2) is 5.30. The molecule has 1 aliphatic rings. The van der Waals surface area contributed by atoms with Crippen LogP contribution < -0.4 is 10.2 Å². The highest BCUT2D eigenvalue weighted by molar-refractivity contribution is 6.57. The summed E-state index contributed by atoms with van der Waals surface area (Å²) in [5, 5.41) is 0. The molecule has 1 radical (unpaired) electrons. The third kappa shape index (κ3) is 2.71. The van der Waals surface area contributed by atoms with Gasteiger partial charge in [0.05, 0.1) is 7.11 Å². The number of allylic oxidation sites excluding steroid dienone is 4. The molecule has 2 rings (SSSR count). The molecule has 105 valence electrons. The highest BCUT2D eigenvalue weighted by atomic mass is 19.2. The lowest BCUT2D eigenvalue weighted by Gasteiger charge is -2.23. The van der Waals surface area contributed by atoms with E-state index in [9.17, 15) is 22.0 Å². The minimum absolute atomic E-state index is 0.506. The van der Waals surface area contributed by atoms with Crippen LogP contribution in [0.2, 0.25) is 0 Å². The Morgan fingerprint density at radius 1 is 1.20 bits per heavy atom. The molecule has 20 heavy (non-hydrogen) atoms. The molecule has 1 aromatic rings. The van der Waals surface area contributed by atoms with Gasteiger partial charge in [0.15, 0.2) is 23.2 Å². The largest absolute Gasteiger partial charge is 0.494 e. The van der Waals surface area contributed by atoms with Crippen LogP contribution in [-0.4, -0.2) is 20.0 Å². The fraction of sp³-hybridized carbons (Fsp3) is 0.231. The third-order valence-electron chi connectivity index (χ3n) is 2.85. The summed E-state index contributed by atoms with van der Waals surface area (Å²) in [6.45, 7) is 0. The predicted molar refractivity (Wildman–Crippen MR) is 65.0 cm³/mol. The molecular formula is C13H9BF5O. The molecule has 0 heterocycles. The van der Waals surface area contributed by atoms with Crippen molar-refractivity contribution in [3.8, 4) is 5.75 Å². The van der Waals surface area contributed by atoms with E-state index in [0.29, 0.717) is 13.3 Å². The van der Waals surface area contributed by atoms with Gasteiger partial charge in [0.25, 0.3) is 0 Å². The van der Waals surface area contributed by atoms with Gasteiger partial charge in [-0.2, -0.15) is 0 Å². The van der Waals surface area contributed by atoms with Crippen molar-refractivity contribution in [1.82, 2.24) is 0 Å². The van der Waals surface area contributed by atoms with Gasteiger partial charge in [-0.15, -0.1) is 0 Å². The highest BCUT2D eigenvalue weighted by Crippen LogP contribution is 2.28. The zero-order chi connectivity index (χ0) is 14.9. The molecule has 0 aromatic heterocycles. The molecule has 0 aliphatic heterocycles. The zero-order valence-corrected chi connectivity index (χ0v) is 10.4. The van der Waals surface area contributed by atoms with Crippen LogP contribution in [0.1, 0.15) is 6.42 Å². The first kappa shape index (κ1) is 14.6. The van der Waals surface area contributed by atoms with Gasteiger partial charge in [-0.3, -0.25) is 0 Å². The standard InChI is InChI=1S/C13H9BF5O/c1-20-9-5-8(16)11(17)10(12(9)18)14-13(19)4-2-3-7(15)6-13/h2-5H,6H2,1H3. The summed E-state index contributed by atoms with van der Waals surface area (Å²) in [4.78, 5) is 0. The number of halogens is 5. The second-order valence-electron chi connectivity index (χ2n) is 4.32. The van der Waals surface area contributed by atoms with Crippen LogP contribution in [0.25, 0.3) is 0 Å². The number of rotatable bonds is 3. The van der Waals surface area contributed by atoms with E-state index in [1.807, 2.05) is 0 Å². The number of benzene rings is 1. The zero-order valence-electron chi connectivity index (χ0n) is 10.4. The Morgan fingerprint density at radius 3 is 2.50 bits per heavy atom. The van der Waals surface area contributed by atoms with E-state index in [4.69, 9.17) is 0 Å². The van der Waals surface area contributed by atoms with Crippen LogP contribution >= 0.6 is 0 Å². The molecular weight excluding hydrogens is 278 g/mol. The Kier molecular flexibility index (Phi) is 3.88. The first-order chi connectivity index (χ1) is 9.36. The van der Waals surface area contributed by atoms with E-state index in [0.717, 1.165) is 25.3 Å². The minimum Gasteiger partial charge on any atom is -0.494 e. The van der Waals surface area contributed by atoms with E-state index in [1.54, 1.807) is 0 Å². The monoisotopic (exact) mass is 287 g/mol. The SMILES string of the molecule is COc1cc(F)c(F)c([B]C2(F)C=CC=C(F)C2)c1F. The molecule has 1 aliphatic carbocycles. The van der Waals surface area contributed by atoms with Crippen LogP contribution in [0.5, 0.6) is 5.75 Å². The van der Waals surface area contributed by atoms with Gasteiger partial charge in [-0.05, 0) is 11.5 Å². The van der Waals surface area contributed by atoms with Gasteiger partial charge in [0, 0.05) is 12.5 Å². The average Bonchev–Trinajstić information content (AvgIpc) is 2.38. The molecule has 0 saturated carbocycles. The Hall–Kier alpha value is -1.79. The molecule has 0 fully saturated rings. The van der Waals surface area contributed by atoms with Crippen LogP contribution in [0.15, 0.2) is 30.1 Å². The summed E-state index contributed by atoms with van der Waals surface area (Å²) in [5.74, 6) is -5.52. The van der Waals surface area contributed by atoms with Gasteiger partial charge in [-0.25, -0.2) is 22.0 Å². The van der Waals surface area contributed by atoms with Crippen molar-refractivity contribution in [3.05, 3.63) is 47.6 Å². The van der Waals surface area contributed by atoms with Crippen molar-refractivity contribution >= 4 is 12.7 Å². The van der Waals surface area contributed by atoms with E-state index < -0.39 is 46.5 Å². The number of alkyl halides is 1. The Morgan fingerprint density at radius 2 is 1.90 bits per heavy atom. The summed E-state index contributed by atoms with van der Waals surface area (Å²) in [7, 11) is 1.57. The second-order valence-corrected chi connectivity index (χ2v) is 4.32.